The summed E-state index contributed by atoms with van der Waals surface area (Å²) >= 11 is 6.87. The highest BCUT2D eigenvalue weighted by molar-refractivity contribution is 6.35. The summed E-state index contributed by atoms with van der Waals surface area (Å²) in [5, 5.41) is 12.3. The normalized spacial score (nSPS) is 17.4. The molecule has 2 aromatic carbocycles. The molecule has 40 heavy (non-hydrogen) atoms. The third kappa shape index (κ3) is 4.97. The minimum Gasteiger partial charge on any atom is -0.374 e. The van der Waals surface area contributed by atoms with Crippen LogP contribution in [0.5, 0.6) is 0 Å². The van der Waals surface area contributed by atoms with Crippen LogP contribution in [0.4, 0.5) is 16.2 Å². The summed E-state index contributed by atoms with van der Waals surface area (Å²) < 4.78 is 16.7. The molecule has 2 aliphatic rings. The molecule has 2 fully saturated rings. The number of aryl methyl sites for hydroxylation is 1. The van der Waals surface area contributed by atoms with E-state index in [2.05, 4.69) is 37.3 Å². The monoisotopic (exact) mass is 562 g/mol. The molecule has 0 aliphatic carbocycles. The molecule has 9 nitrogen and oxygen atoms in total. The van der Waals surface area contributed by atoms with Crippen LogP contribution in [0.25, 0.3) is 32.9 Å². The van der Waals surface area contributed by atoms with Crippen molar-refractivity contribution >= 4 is 51.5 Å². The zero-order valence-corrected chi connectivity index (χ0v) is 23.4. The van der Waals surface area contributed by atoms with Crippen LogP contribution in [0.15, 0.2) is 36.7 Å². The number of nitrogens with zero attached hydrogens (tertiary/aromatic N) is 6. The van der Waals surface area contributed by atoms with Gasteiger partial charge in [0.2, 0.25) is 5.95 Å². The fourth-order valence-electron chi connectivity index (χ4n) is 5.75. The van der Waals surface area contributed by atoms with Gasteiger partial charge in [-0.05, 0) is 63.7 Å². The van der Waals surface area contributed by atoms with Gasteiger partial charge in [-0.3, -0.25) is 9.89 Å². The van der Waals surface area contributed by atoms with Crippen LogP contribution in [-0.2, 0) is 4.79 Å². The van der Waals surface area contributed by atoms with Crippen molar-refractivity contribution in [2.45, 2.75) is 25.8 Å². The molecule has 4 heterocycles. The third-order valence-electron chi connectivity index (χ3n) is 7.99. The lowest BCUT2D eigenvalue weighted by molar-refractivity contribution is -0.104. The number of halogens is 2. The van der Waals surface area contributed by atoms with Crippen LogP contribution < -0.4 is 10.2 Å². The Hall–Kier alpha value is -3.76. The van der Waals surface area contributed by atoms with Gasteiger partial charge in [0.15, 0.2) is 5.82 Å². The fourth-order valence-corrected chi connectivity index (χ4v) is 6.03. The summed E-state index contributed by atoms with van der Waals surface area (Å²) in [5.41, 5.74) is 2.97. The maximum atomic E-state index is 16.7. The molecule has 6 rings (SSSR count). The molecule has 0 spiro atoms. The number of benzene rings is 2. The Labute approximate surface area is 237 Å². The van der Waals surface area contributed by atoms with Crippen molar-refractivity contribution in [3.05, 3.63) is 53.1 Å². The maximum absolute atomic E-state index is 16.7. The molecule has 0 atom stereocenters. The number of rotatable bonds is 6. The highest BCUT2D eigenvalue weighted by atomic mass is 35.5. The SMILES string of the molecule is Cc1ccc2[nH]ncc2c1-c1c(Cl)cc2c(N3CCN(C=CC=O)CC3)nc(NC3CCN(C)CC3)nc2c1F. The first-order valence-corrected chi connectivity index (χ1v) is 14.0. The van der Waals surface area contributed by atoms with Gasteiger partial charge in [-0.1, -0.05) is 17.7 Å². The number of carbonyl (C=O) groups excluding carboxylic acids is 1. The minimum atomic E-state index is -0.470. The van der Waals surface area contributed by atoms with Gasteiger partial charge in [0.1, 0.15) is 17.6 Å². The second-order valence-corrected chi connectivity index (χ2v) is 11.0. The van der Waals surface area contributed by atoms with E-state index in [1.165, 1.54) is 6.08 Å². The van der Waals surface area contributed by atoms with E-state index in [0.29, 0.717) is 59.5 Å². The number of anilines is 2. The van der Waals surface area contributed by atoms with E-state index in [1.807, 2.05) is 19.1 Å². The zero-order chi connectivity index (χ0) is 27.8. The van der Waals surface area contributed by atoms with E-state index in [1.54, 1.807) is 18.5 Å². The molecule has 208 valence electrons. The second kappa shape index (κ2) is 11.0. The molecule has 2 aromatic heterocycles. The van der Waals surface area contributed by atoms with Crippen LogP contribution in [0.3, 0.4) is 0 Å². The number of hydrogen-bond donors (Lipinski definition) is 2. The second-order valence-electron chi connectivity index (χ2n) is 10.6. The van der Waals surface area contributed by atoms with Crippen molar-refractivity contribution in [1.82, 2.24) is 30.0 Å². The Balaban J connectivity index is 1.47. The summed E-state index contributed by atoms with van der Waals surface area (Å²) in [4.78, 5) is 27.0. The highest BCUT2D eigenvalue weighted by Crippen LogP contribution is 2.42. The molecule has 2 saturated heterocycles. The summed E-state index contributed by atoms with van der Waals surface area (Å²) in [7, 11) is 2.12. The lowest BCUT2D eigenvalue weighted by atomic mass is 9.95. The standard InChI is InChI=1S/C29H32ClFN8O/c1-18-4-5-23-21(17-32-36-23)24(18)25-22(30)16-20-27(26(25)31)34-29(33-19-6-9-37(2)10-7-19)35-28(20)39-13-11-38(12-14-39)8-3-15-40/h3-5,8,15-17,19H,6-7,9-14H2,1-2H3,(H,32,36)(H,33,34,35). The number of piperidine rings is 1. The van der Waals surface area contributed by atoms with Gasteiger partial charge in [-0.2, -0.15) is 10.1 Å². The van der Waals surface area contributed by atoms with Gasteiger partial charge in [-0.25, -0.2) is 9.37 Å². The van der Waals surface area contributed by atoms with Crippen molar-refractivity contribution < 1.29 is 9.18 Å². The molecular formula is C29H32ClFN8O. The summed E-state index contributed by atoms with van der Waals surface area (Å²) in [5.74, 6) is 0.609. The molecule has 4 aromatic rings. The fraction of sp³-hybridized carbons (Fsp3) is 0.379. The average molecular weight is 563 g/mol. The predicted octanol–water partition coefficient (Wildman–Crippen LogP) is 4.61. The number of carbonyl (C=O) groups is 1. The molecule has 0 radical (unpaired) electrons. The molecule has 2 aliphatic heterocycles. The van der Waals surface area contributed by atoms with Crippen molar-refractivity contribution in [1.29, 1.82) is 0 Å². The molecule has 11 heteroatoms. The Morgan fingerprint density at radius 2 is 1.85 bits per heavy atom. The molecule has 0 amide bonds. The third-order valence-corrected chi connectivity index (χ3v) is 8.28. The Morgan fingerprint density at radius 3 is 2.60 bits per heavy atom. The number of aldehydes is 1. The van der Waals surface area contributed by atoms with Gasteiger partial charge >= 0.3 is 0 Å². The van der Waals surface area contributed by atoms with Gasteiger partial charge in [0.05, 0.1) is 16.7 Å². The Bertz CT molecular complexity index is 1590. The topological polar surface area (TPSA) is 93.3 Å². The van der Waals surface area contributed by atoms with E-state index in [9.17, 15) is 4.79 Å². The number of piperazine rings is 1. The van der Waals surface area contributed by atoms with E-state index in [0.717, 1.165) is 48.7 Å². The van der Waals surface area contributed by atoms with E-state index >= 15 is 4.39 Å². The number of nitrogens with one attached hydrogen (secondary N) is 2. The van der Waals surface area contributed by atoms with E-state index in [4.69, 9.17) is 21.6 Å². The van der Waals surface area contributed by atoms with Crippen LogP contribution in [0.1, 0.15) is 18.4 Å². The number of hydrogen-bond acceptors (Lipinski definition) is 8. The van der Waals surface area contributed by atoms with Crippen molar-refractivity contribution in [3.63, 3.8) is 0 Å². The molecule has 0 unspecified atom stereocenters. The molecule has 0 saturated carbocycles. The zero-order valence-electron chi connectivity index (χ0n) is 22.6. The van der Waals surface area contributed by atoms with E-state index in [-0.39, 0.29) is 11.6 Å². The smallest absolute Gasteiger partial charge is 0.225 e. The van der Waals surface area contributed by atoms with Crippen LogP contribution >= 0.6 is 11.6 Å². The maximum Gasteiger partial charge on any atom is 0.225 e. The van der Waals surface area contributed by atoms with Gasteiger partial charge in [0, 0.05) is 60.3 Å². The lowest BCUT2D eigenvalue weighted by Gasteiger charge is -2.35. The number of aromatic amines is 1. The first-order valence-electron chi connectivity index (χ1n) is 13.6. The van der Waals surface area contributed by atoms with Crippen molar-refractivity contribution in [2.75, 3.05) is 56.5 Å². The first kappa shape index (κ1) is 26.5. The molecular weight excluding hydrogens is 531 g/mol. The average Bonchev–Trinajstić information content (AvgIpc) is 3.44. The van der Waals surface area contributed by atoms with Crippen molar-refractivity contribution in [2.24, 2.45) is 0 Å². The first-order chi connectivity index (χ1) is 19.4. The number of likely N-dealkylation sites (tertiary alicyclic amines) is 1. The van der Waals surface area contributed by atoms with Crippen LogP contribution in [-0.4, -0.2) is 88.6 Å². The number of aromatic nitrogens is 4. The Kier molecular flexibility index (Phi) is 7.29. The number of H-pyrrole nitrogens is 1. The van der Waals surface area contributed by atoms with Gasteiger partial charge < -0.3 is 20.0 Å². The van der Waals surface area contributed by atoms with Crippen LogP contribution in [0, 0.1) is 12.7 Å². The van der Waals surface area contributed by atoms with Gasteiger partial charge in [-0.15, -0.1) is 0 Å². The Morgan fingerprint density at radius 1 is 1.07 bits per heavy atom. The quantitative estimate of drug-likeness (QED) is 0.260. The molecule has 2 N–H and O–H groups in total. The lowest BCUT2D eigenvalue weighted by Crippen LogP contribution is -2.44. The minimum absolute atomic E-state index is 0.212. The van der Waals surface area contributed by atoms with E-state index < -0.39 is 5.82 Å². The van der Waals surface area contributed by atoms with Crippen molar-refractivity contribution in [3.8, 4) is 11.1 Å². The van der Waals surface area contributed by atoms with Crippen LogP contribution in [0.2, 0.25) is 5.02 Å². The van der Waals surface area contributed by atoms with Gasteiger partial charge in [0.25, 0.3) is 0 Å². The summed E-state index contributed by atoms with van der Waals surface area (Å²) in [6.45, 7) is 6.66. The largest absolute Gasteiger partial charge is 0.374 e. The summed E-state index contributed by atoms with van der Waals surface area (Å²) in [6.07, 6.45) is 7.71. The predicted molar refractivity (Wildman–Crippen MR) is 157 cm³/mol. The molecule has 0 bridgehead atoms. The summed E-state index contributed by atoms with van der Waals surface area (Å²) in [6, 6.07) is 5.87. The highest BCUT2D eigenvalue weighted by Gasteiger charge is 2.26. The number of allylic oxidation sites excluding steroid dienone is 1. The number of fused-ring (bicyclic) bond motifs is 2.